The van der Waals surface area contributed by atoms with E-state index in [1.807, 2.05) is 30.3 Å². The maximum atomic E-state index is 5.68. The number of aromatic nitrogens is 1. The van der Waals surface area contributed by atoms with E-state index in [9.17, 15) is 0 Å². The van der Waals surface area contributed by atoms with Gasteiger partial charge in [0, 0.05) is 31.4 Å². The minimum absolute atomic E-state index is 0. The number of halogens is 1. The molecule has 26 heavy (non-hydrogen) atoms. The summed E-state index contributed by atoms with van der Waals surface area (Å²) < 4.78 is 5.68. The third-order valence-electron chi connectivity index (χ3n) is 3.75. The van der Waals surface area contributed by atoms with E-state index < -0.39 is 0 Å². The lowest BCUT2D eigenvalue weighted by atomic mass is 10.3. The van der Waals surface area contributed by atoms with Gasteiger partial charge in [0.25, 0.3) is 0 Å². The summed E-state index contributed by atoms with van der Waals surface area (Å²) in [6, 6.07) is 9.88. The van der Waals surface area contributed by atoms with Gasteiger partial charge in [0.2, 0.25) is 0 Å². The molecule has 0 amide bonds. The summed E-state index contributed by atoms with van der Waals surface area (Å²) in [7, 11) is 1.79. The van der Waals surface area contributed by atoms with Crippen LogP contribution in [-0.2, 0) is 12.8 Å². The van der Waals surface area contributed by atoms with Crippen molar-refractivity contribution in [3.63, 3.8) is 0 Å². The maximum Gasteiger partial charge on any atom is 0.190 e. The number of hydrogen-bond donors (Lipinski definition) is 2. The van der Waals surface area contributed by atoms with E-state index in [0.717, 1.165) is 44.1 Å². The van der Waals surface area contributed by atoms with Crippen molar-refractivity contribution in [2.24, 2.45) is 4.99 Å². The van der Waals surface area contributed by atoms with Crippen LogP contribution in [0.15, 0.2) is 35.3 Å². The molecule has 0 aliphatic carbocycles. The van der Waals surface area contributed by atoms with Crippen LogP contribution < -0.4 is 15.4 Å². The first-order chi connectivity index (χ1) is 12.2. The summed E-state index contributed by atoms with van der Waals surface area (Å²) in [5, 5.41) is 7.84. The van der Waals surface area contributed by atoms with E-state index in [1.165, 1.54) is 15.6 Å². The number of rotatable bonds is 9. The average molecular weight is 488 g/mol. The SMILES string of the molecule is CCc1nc(CCNC(=NC)NCCCOc2ccccc2)sc1C.I. The van der Waals surface area contributed by atoms with Crippen molar-refractivity contribution in [1.82, 2.24) is 15.6 Å². The third kappa shape index (κ3) is 7.90. The highest BCUT2D eigenvalue weighted by Crippen LogP contribution is 2.17. The van der Waals surface area contributed by atoms with E-state index in [4.69, 9.17) is 4.74 Å². The monoisotopic (exact) mass is 488 g/mol. The molecule has 144 valence electrons. The van der Waals surface area contributed by atoms with E-state index >= 15 is 0 Å². The molecule has 0 aliphatic heterocycles. The second-order valence-corrected chi connectivity index (χ2v) is 6.94. The van der Waals surface area contributed by atoms with E-state index in [2.05, 4.69) is 34.5 Å². The zero-order valence-electron chi connectivity index (χ0n) is 15.7. The van der Waals surface area contributed by atoms with Crippen LogP contribution in [-0.4, -0.2) is 37.7 Å². The molecule has 0 spiro atoms. The number of guanidine groups is 1. The molecule has 7 heteroatoms. The fourth-order valence-electron chi connectivity index (χ4n) is 2.42. The first-order valence-electron chi connectivity index (χ1n) is 8.80. The fourth-order valence-corrected chi connectivity index (χ4v) is 3.44. The molecule has 0 unspecified atom stereocenters. The molecule has 2 aromatic rings. The van der Waals surface area contributed by atoms with Crippen molar-refractivity contribution < 1.29 is 4.74 Å². The smallest absolute Gasteiger partial charge is 0.190 e. The van der Waals surface area contributed by atoms with Gasteiger partial charge in [-0.25, -0.2) is 4.98 Å². The molecule has 1 aromatic carbocycles. The number of ether oxygens (including phenoxy) is 1. The van der Waals surface area contributed by atoms with Crippen LogP contribution >= 0.6 is 35.3 Å². The second kappa shape index (κ2) is 12.9. The van der Waals surface area contributed by atoms with Crippen molar-refractivity contribution in [2.45, 2.75) is 33.1 Å². The Bertz CT molecular complexity index is 661. The molecule has 1 heterocycles. The highest BCUT2D eigenvalue weighted by atomic mass is 127. The van der Waals surface area contributed by atoms with Crippen LogP contribution in [0.4, 0.5) is 0 Å². The molecule has 2 rings (SSSR count). The van der Waals surface area contributed by atoms with Crippen LogP contribution in [0.25, 0.3) is 0 Å². The highest BCUT2D eigenvalue weighted by Gasteiger charge is 2.06. The molecule has 0 radical (unpaired) electrons. The summed E-state index contributed by atoms with van der Waals surface area (Å²) in [5.74, 6) is 1.74. The van der Waals surface area contributed by atoms with Crippen molar-refractivity contribution in [3.8, 4) is 5.75 Å². The number of aliphatic imine (C=N–C) groups is 1. The number of hydrogen-bond acceptors (Lipinski definition) is 4. The molecule has 2 N–H and O–H groups in total. The van der Waals surface area contributed by atoms with Crippen LogP contribution in [0, 0.1) is 6.92 Å². The lowest BCUT2D eigenvalue weighted by Gasteiger charge is -2.11. The molecular formula is C19H29IN4OS. The van der Waals surface area contributed by atoms with Gasteiger partial charge in [0.1, 0.15) is 5.75 Å². The molecule has 5 nitrogen and oxygen atoms in total. The Kier molecular flexibility index (Phi) is 11.3. The predicted octanol–water partition coefficient (Wildman–Crippen LogP) is 3.81. The quantitative estimate of drug-likeness (QED) is 0.244. The lowest BCUT2D eigenvalue weighted by molar-refractivity contribution is 0.311. The van der Waals surface area contributed by atoms with Gasteiger partial charge in [-0.3, -0.25) is 4.99 Å². The molecule has 0 fully saturated rings. The zero-order chi connectivity index (χ0) is 17.9. The molecule has 1 aromatic heterocycles. The Morgan fingerprint density at radius 1 is 1.19 bits per heavy atom. The van der Waals surface area contributed by atoms with Gasteiger partial charge in [-0.05, 0) is 31.9 Å². The van der Waals surface area contributed by atoms with Crippen molar-refractivity contribution >= 4 is 41.3 Å². The van der Waals surface area contributed by atoms with Crippen LogP contribution in [0.2, 0.25) is 0 Å². The molecule has 0 aliphatic rings. The topological polar surface area (TPSA) is 58.5 Å². The molecule has 0 saturated carbocycles. The normalized spacial score (nSPS) is 11.0. The lowest BCUT2D eigenvalue weighted by Crippen LogP contribution is -2.39. The van der Waals surface area contributed by atoms with Gasteiger partial charge in [0.05, 0.1) is 17.3 Å². The Labute approximate surface area is 177 Å². The number of para-hydroxylation sites is 1. The Morgan fingerprint density at radius 2 is 1.92 bits per heavy atom. The largest absolute Gasteiger partial charge is 0.494 e. The zero-order valence-corrected chi connectivity index (χ0v) is 18.9. The van der Waals surface area contributed by atoms with Crippen LogP contribution in [0.3, 0.4) is 0 Å². The average Bonchev–Trinajstić information content (AvgIpc) is 3.00. The Morgan fingerprint density at radius 3 is 2.58 bits per heavy atom. The summed E-state index contributed by atoms with van der Waals surface area (Å²) >= 11 is 1.79. The third-order valence-corrected chi connectivity index (χ3v) is 4.83. The van der Waals surface area contributed by atoms with E-state index in [1.54, 1.807) is 18.4 Å². The van der Waals surface area contributed by atoms with Gasteiger partial charge >= 0.3 is 0 Å². The number of nitrogens with one attached hydrogen (secondary N) is 2. The van der Waals surface area contributed by atoms with Crippen molar-refractivity contribution in [2.75, 3.05) is 26.7 Å². The number of aryl methyl sites for hydroxylation is 2. The van der Waals surface area contributed by atoms with Gasteiger partial charge in [-0.1, -0.05) is 25.1 Å². The first-order valence-corrected chi connectivity index (χ1v) is 9.62. The first kappa shape index (κ1) is 22.7. The summed E-state index contributed by atoms with van der Waals surface area (Å²) in [5.41, 5.74) is 1.22. The van der Waals surface area contributed by atoms with E-state index in [-0.39, 0.29) is 24.0 Å². The fraction of sp³-hybridized carbons (Fsp3) is 0.474. The standard InChI is InChI=1S/C19H28N4OS.HI/c1-4-17-15(2)25-18(23-17)11-13-22-19(20-3)21-12-8-14-24-16-9-6-5-7-10-16;/h5-7,9-10H,4,8,11-14H2,1-3H3,(H2,20,21,22);1H. The van der Waals surface area contributed by atoms with E-state index in [0.29, 0.717) is 6.61 Å². The Balaban J connectivity index is 0.00000338. The second-order valence-electron chi connectivity index (χ2n) is 5.65. The van der Waals surface area contributed by atoms with Gasteiger partial charge in [0.15, 0.2) is 5.96 Å². The number of benzene rings is 1. The summed E-state index contributed by atoms with van der Waals surface area (Å²) in [6.45, 7) is 6.63. The number of nitrogens with zero attached hydrogens (tertiary/aromatic N) is 2. The van der Waals surface area contributed by atoms with Crippen LogP contribution in [0.5, 0.6) is 5.75 Å². The van der Waals surface area contributed by atoms with Gasteiger partial charge < -0.3 is 15.4 Å². The summed E-state index contributed by atoms with van der Waals surface area (Å²) in [4.78, 5) is 10.3. The maximum absolute atomic E-state index is 5.68. The van der Waals surface area contributed by atoms with Crippen molar-refractivity contribution in [1.29, 1.82) is 0 Å². The van der Waals surface area contributed by atoms with Crippen molar-refractivity contribution in [3.05, 3.63) is 45.9 Å². The minimum atomic E-state index is 0. The molecule has 0 saturated heterocycles. The molecular weight excluding hydrogens is 459 g/mol. The molecule has 0 bridgehead atoms. The Hall–Kier alpha value is -1.35. The highest BCUT2D eigenvalue weighted by molar-refractivity contribution is 14.0. The van der Waals surface area contributed by atoms with Gasteiger partial charge in [-0.15, -0.1) is 35.3 Å². The number of thiazole rings is 1. The summed E-state index contributed by atoms with van der Waals surface area (Å²) in [6.07, 6.45) is 2.84. The minimum Gasteiger partial charge on any atom is -0.494 e. The molecule has 0 atom stereocenters. The predicted molar refractivity (Wildman–Crippen MR) is 121 cm³/mol. The van der Waals surface area contributed by atoms with Gasteiger partial charge in [-0.2, -0.15) is 0 Å². The van der Waals surface area contributed by atoms with Crippen LogP contribution in [0.1, 0.15) is 28.9 Å².